The van der Waals surface area contributed by atoms with Crippen LogP contribution in [-0.2, 0) is 27.8 Å². The molecule has 0 amide bonds. The zero-order valence-corrected chi connectivity index (χ0v) is 20.5. The van der Waals surface area contributed by atoms with Crippen LogP contribution in [0.2, 0.25) is 0 Å². The number of thioether (sulfide) groups is 4. The van der Waals surface area contributed by atoms with Gasteiger partial charge in [-0.05, 0) is 50.6 Å². The van der Waals surface area contributed by atoms with E-state index in [2.05, 4.69) is 60.7 Å². The maximum atomic E-state index is 12.5. The Hall–Kier alpha value is -1.27. The molecule has 0 saturated heterocycles. The second-order valence-corrected chi connectivity index (χ2v) is 12.1. The van der Waals surface area contributed by atoms with Crippen molar-refractivity contribution in [3.63, 3.8) is 0 Å². The number of carbonyl (C=O) groups is 1. The molecular weight excluding hydrogens is 457 g/mol. The van der Waals surface area contributed by atoms with Gasteiger partial charge in [-0.15, -0.1) is 47.0 Å². The number of carbonyl (C=O) groups excluding carboxylic acids is 1. The molecule has 158 valence electrons. The second kappa shape index (κ2) is 10.1. The summed E-state index contributed by atoms with van der Waals surface area (Å²) in [5.41, 5.74) is 10.8. The highest BCUT2D eigenvalue weighted by Gasteiger charge is 2.17. The highest BCUT2D eigenvalue weighted by atomic mass is 32.2. The summed E-state index contributed by atoms with van der Waals surface area (Å²) in [6.07, 6.45) is 0. The minimum absolute atomic E-state index is 0.341. The number of ketones is 1. The highest BCUT2D eigenvalue weighted by Crippen LogP contribution is 2.39. The lowest BCUT2D eigenvalue weighted by Crippen LogP contribution is -2.06. The Balaban J connectivity index is 1.75. The summed E-state index contributed by atoms with van der Waals surface area (Å²) in [4.78, 5) is 12.5. The van der Waals surface area contributed by atoms with Crippen LogP contribution in [0, 0.1) is 0 Å². The molecular formula is C26H24OS4. The van der Waals surface area contributed by atoms with Crippen LogP contribution in [-0.4, -0.2) is 22.4 Å². The summed E-state index contributed by atoms with van der Waals surface area (Å²) >= 11 is 7.52. The summed E-state index contributed by atoms with van der Waals surface area (Å²) in [6, 6.07) is 22.6. The average molecular weight is 481 g/mol. The van der Waals surface area contributed by atoms with E-state index in [0.29, 0.717) is 17.3 Å². The van der Waals surface area contributed by atoms with Gasteiger partial charge in [0, 0.05) is 28.1 Å². The Labute approximate surface area is 201 Å². The molecule has 0 N–H and O–H groups in total. The quantitative estimate of drug-likeness (QED) is 0.330. The standard InChI is InChI=1S/C26H24OS4/c27-24-15-28-11-20-6-2-8-22-13-30-17-31-14-23-9-3-7-21(12-29-16-24)26(23)19-5-1-4-18(10-19)25(20)22/h1-10H,11-17H2. The van der Waals surface area contributed by atoms with E-state index in [1.165, 1.54) is 44.5 Å². The van der Waals surface area contributed by atoms with Crippen LogP contribution in [0.25, 0.3) is 22.3 Å². The number of Topliss-reactive ketones (excluding diaryl/α,β-unsaturated/α-hetero) is 1. The van der Waals surface area contributed by atoms with Crippen LogP contribution in [0.15, 0.2) is 60.7 Å². The van der Waals surface area contributed by atoms with Gasteiger partial charge in [0.05, 0.1) is 11.5 Å². The van der Waals surface area contributed by atoms with Gasteiger partial charge in [-0.1, -0.05) is 54.6 Å². The molecule has 5 heteroatoms. The van der Waals surface area contributed by atoms with E-state index in [4.69, 9.17) is 0 Å². The zero-order valence-electron chi connectivity index (χ0n) is 17.3. The van der Waals surface area contributed by atoms with Crippen molar-refractivity contribution in [3.8, 4) is 22.3 Å². The molecule has 2 aliphatic rings. The van der Waals surface area contributed by atoms with E-state index < -0.39 is 0 Å². The molecule has 3 aromatic carbocycles. The summed E-state index contributed by atoms with van der Waals surface area (Å²) in [6.45, 7) is 0. The maximum absolute atomic E-state index is 12.5. The fourth-order valence-corrected chi connectivity index (χ4v) is 8.29. The minimum Gasteiger partial charge on any atom is -0.298 e. The van der Waals surface area contributed by atoms with Gasteiger partial charge in [0.2, 0.25) is 0 Å². The predicted molar refractivity (Wildman–Crippen MR) is 142 cm³/mol. The summed E-state index contributed by atoms with van der Waals surface area (Å²) in [5, 5.41) is 1.10. The third-order valence-corrected chi connectivity index (χ3v) is 10.1. The molecule has 0 fully saturated rings. The number of hydrogen-bond donors (Lipinski definition) is 0. The van der Waals surface area contributed by atoms with Crippen LogP contribution in [0.5, 0.6) is 0 Å². The Morgan fingerprint density at radius 1 is 0.516 bits per heavy atom. The molecule has 0 aromatic heterocycles. The van der Waals surface area contributed by atoms with Crippen LogP contribution in [0.1, 0.15) is 22.3 Å². The number of benzene rings is 3. The molecule has 0 spiro atoms. The molecule has 0 unspecified atom stereocenters. The van der Waals surface area contributed by atoms with Crippen molar-refractivity contribution in [3.05, 3.63) is 82.9 Å². The molecule has 0 saturated carbocycles. The van der Waals surface area contributed by atoms with Crippen molar-refractivity contribution >= 4 is 52.8 Å². The first kappa shape index (κ1) is 21.6. The van der Waals surface area contributed by atoms with Gasteiger partial charge in [-0.3, -0.25) is 4.79 Å². The van der Waals surface area contributed by atoms with E-state index in [0.717, 1.165) is 28.1 Å². The van der Waals surface area contributed by atoms with E-state index in [9.17, 15) is 4.79 Å². The molecule has 31 heavy (non-hydrogen) atoms. The van der Waals surface area contributed by atoms with Crippen molar-refractivity contribution in [1.29, 1.82) is 0 Å². The first-order chi connectivity index (χ1) is 15.3. The van der Waals surface area contributed by atoms with Gasteiger partial charge in [0.1, 0.15) is 0 Å². The summed E-state index contributed by atoms with van der Waals surface area (Å²) in [7, 11) is 0. The van der Waals surface area contributed by atoms with Gasteiger partial charge in [0.25, 0.3) is 0 Å². The monoisotopic (exact) mass is 480 g/mol. The molecule has 0 radical (unpaired) electrons. The molecule has 0 atom stereocenters. The van der Waals surface area contributed by atoms with Crippen LogP contribution in [0.3, 0.4) is 0 Å². The van der Waals surface area contributed by atoms with E-state index in [1.54, 1.807) is 23.5 Å². The predicted octanol–water partition coefficient (Wildman–Crippen LogP) is 7.51. The van der Waals surface area contributed by atoms with Crippen molar-refractivity contribution in [2.75, 3.05) is 16.6 Å². The topological polar surface area (TPSA) is 17.1 Å². The normalized spacial score (nSPS) is 17.0. The van der Waals surface area contributed by atoms with Gasteiger partial charge < -0.3 is 0 Å². The van der Waals surface area contributed by atoms with E-state index in [1.807, 2.05) is 23.5 Å². The highest BCUT2D eigenvalue weighted by molar-refractivity contribution is 8.15. The summed E-state index contributed by atoms with van der Waals surface area (Å²) in [5.74, 6) is 5.33. The summed E-state index contributed by atoms with van der Waals surface area (Å²) < 4.78 is 0. The fourth-order valence-electron chi connectivity index (χ4n) is 4.31. The van der Waals surface area contributed by atoms with Crippen LogP contribution in [0.4, 0.5) is 0 Å². The van der Waals surface area contributed by atoms with E-state index in [-0.39, 0.29) is 0 Å². The number of rotatable bonds is 0. The molecule has 5 rings (SSSR count). The zero-order chi connectivity index (χ0) is 21.0. The SMILES string of the molecule is O=C1CSCc2cccc3c2-c2cccc(c2)-c2c(cccc2CSC1)CSCSC3. The Morgan fingerprint density at radius 2 is 0.935 bits per heavy atom. The molecule has 4 bridgehead atoms. The lowest BCUT2D eigenvalue weighted by Gasteiger charge is -2.20. The van der Waals surface area contributed by atoms with Gasteiger partial charge in [0.15, 0.2) is 5.78 Å². The number of hydrogen-bond acceptors (Lipinski definition) is 5. The lowest BCUT2D eigenvalue weighted by atomic mass is 9.90. The maximum Gasteiger partial charge on any atom is 0.152 e. The second-order valence-electron chi connectivity index (χ2n) is 7.82. The van der Waals surface area contributed by atoms with E-state index >= 15 is 0 Å². The van der Waals surface area contributed by atoms with Crippen molar-refractivity contribution < 1.29 is 4.79 Å². The van der Waals surface area contributed by atoms with Crippen molar-refractivity contribution in [2.24, 2.45) is 0 Å². The third kappa shape index (κ3) is 4.90. The Kier molecular flexibility index (Phi) is 7.04. The lowest BCUT2D eigenvalue weighted by molar-refractivity contribution is -0.114. The molecule has 2 heterocycles. The largest absolute Gasteiger partial charge is 0.298 e. The van der Waals surface area contributed by atoms with Crippen molar-refractivity contribution in [2.45, 2.75) is 23.0 Å². The van der Waals surface area contributed by atoms with Crippen LogP contribution >= 0.6 is 47.0 Å². The molecule has 0 aliphatic carbocycles. The molecule has 2 aliphatic heterocycles. The first-order valence-corrected chi connectivity index (χ1v) is 15.1. The molecule has 3 aromatic rings. The van der Waals surface area contributed by atoms with Crippen molar-refractivity contribution in [1.82, 2.24) is 0 Å². The first-order valence-electron chi connectivity index (χ1n) is 10.4. The third-order valence-electron chi connectivity index (χ3n) is 5.64. The fraction of sp³-hybridized carbons (Fsp3) is 0.269. The smallest absolute Gasteiger partial charge is 0.152 e. The van der Waals surface area contributed by atoms with Gasteiger partial charge >= 0.3 is 0 Å². The Bertz CT molecular complexity index is 1030. The van der Waals surface area contributed by atoms with Crippen LogP contribution < -0.4 is 0 Å². The Morgan fingerprint density at radius 3 is 1.42 bits per heavy atom. The van der Waals surface area contributed by atoms with Gasteiger partial charge in [-0.25, -0.2) is 0 Å². The van der Waals surface area contributed by atoms with Gasteiger partial charge in [-0.2, -0.15) is 0 Å². The average Bonchev–Trinajstić information content (AvgIpc) is 2.78. The minimum atomic E-state index is 0.341. The molecule has 1 nitrogen and oxygen atoms in total.